The quantitative estimate of drug-likeness (QED) is 0.302. The zero-order chi connectivity index (χ0) is 7.98. The van der Waals surface area contributed by atoms with Crippen LogP contribution < -0.4 is 0 Å². The van der Waals surface area contributed by atoms with E-state index in [2.05, 4.69) is 20.7 Å². The topological polar surface area (TPSA) is 35.5 Å². The minimum Gasteiger partial charge on any atom is -0.490 e. The maximum atomic E-state index is 10.7. The summed E-state index contributed by atoms with van der Waals surface area (Å²) in [5.74, 6) is -0.235. The predicted octanol–water partition coefficient (Wildman–Crippen LogP) is 1.08. The zero-order valence-corrected chi connectivity index (χ0v) is 7.47. The number of allylic oxidation sites excluding steroid dienone is 1. The number of rotatable bonds is 3. The van der Waals surface area contributed by atoms with E-state index in [1.807, 2.05) is 0 Å². The summed E-state index contributed by atoms with van der Waals surface area (Å²) in [7, 11) is 2.73. The van der Waals surface area contributed by atoms with Crippen LogP contribution in [0.25, 0.3) is 0 Å². The molecule has 0 aromatic rings. The van der Waals surface area contributed by atoms with Crippen LogP contribution >= 0.6 is 15.9 Å². The number of methoxy groups -OCH3 is 2. The molecule has 0 radical (unpaired) electrons. The minimum absolute atomic E-state index is 0.222. The van der Waals surface area contributed by atoms with Crippen molar-refractivity contribution in [3.63, 3.8) is 0 Å². The van der Waals surface area contributed by atoms with E-state index >= 15 is 0 Å². The maximum absolute atomic E-state index is 10.7. The molecule has 0 fully saturated rings. The minimum atomic E-state index is -0.457. The Kier molecular flexibility index (Phi) is 5.02. The summed E-state index contributed by atoms with van der Waals surface area (Å²) in [6.07, 6.45) is 1.59. The molecule has 0 unspecified atom stereocenters. The Bertz CT molecular complexity index is 142. The molecule has 0 aromatic heterocycles. The molecule has 0 heterocycles. The Hall–Kier alpha value is -0.510. The van der Waals surface area contributed by atoms with Gasteiger partial charge in [0.15, 0.2) is 0 Å². The summed E-state index contributed by atoms with van der Waals surface area (Å²) in [6.45, 7) is 0. The van der Waals surface area contributed by atoms with Crippen LogP contribution in [-0.2, 0) is 14.3 Å². The first kappa shape index (κ1) is 9.49. The van der Waals surface area contributed by atoms with Crippen molar-refractivity contribution in [1.29, 1.82) is 0 Å². The van der Waals surface area contributed by atoms with E-state index in [9.17, 15) is 4.79 Å². The van der Waals surface area contributed by atoms with Gasteiger partial charge in [-0.1, -0.05) is 15.9 Å². The number of alkyl halides is 1. The van der Waals surface area contributed by atoms with E-state index in [4.69, 9.17) is 4.74 Å². The highest BCUT2D eigenvalue weighted by atomic mass is 79.9. The molecule has 0 bridgehead atoms. The summed E-state index contributed by atoms with van der Waals surface area (Å²) in [6, 6.07) is 0. The van der Waals surface area contributed by atoms with Crippen LogP contribution in [0.2, 0.25) is 0 Å². The molecule has 0 aliphatic carbocycles. The standard InChI is InChI=1S/C6H9BrO3/c1-9-5(3-4-7)6(8)10-2/h3H,4H2,1-2H3/b5-3-. The van der Waals surface area contributed by atoms with Gasteiger partial charge in [0.25, 0.3) is 0 Å². The van der Waals surface area contributed by atoms with Gasteiger partial charge in [0.05, 0.1) is 14.2 Å². The van der Waals surface area contributed by atoms with Gasteiger partial charge in [0.1, 0.15) is 0 Å². The first-order valence-electron chi connectivity index (χ1n) is 2.64. The molecular weight excluding hydrogens is 200 g/mol. The highest BCUT2D eigenvalue weighted by Crippen LogP contribution is 1.98. The molecule has 0 saturated heterocycles. The zero-order valence-electron chi connectivity index (χ0n) is 5.89. The second-order valence-corrected chi connectivity index (χ2v) is 2.07. The molecule has 0 N–H and O–H groups in total. The SMILES string of the molecule is COC(=O)/C(=C/CBr)OC. The molecule has 58 valence electrons. The van der Waals surface area contributed by atoms with Crippen molar-refractivity contribution in [3.8, 4) is 0 Å². The second-order valence-electron chi connectivity index (χ2n) is 1.42. The number of ether oxygens (including phenoxy) is 2. The molecule has 0 amide bonds. The smallest absolute Gasteiger partial charge is 0.372 e. The van der Waals surface area contributed by atoms with Gasteiger partial charge in [-0.15, -0.1) is 0 Å². The average Bonchev–Trinajstić information content (AvgIpc) is 1.99. The molecule has 0 rings (SSSR count). The summed E-state index contributed by atoms with van der Waals surface area (Å²) in [5.41, 5.74) is 0. The molecular formula is C6H9BrO3. The Balaban J connectivity index is 4.06. The van der Waals surface area contributed by atoms with E-state index in [0.29, 0.717) is 5.33 Å². The van der Waals surface area contributed by atoms with Gasteiger partial charge in [-0.25, -0.2) is 4.79 Å². The van der Waals surface area contributed by atoms with Crippen LogP contribution in [0.4, 0.5) is 0 Å². The Morgan fingerprint density at radius 1 is 1.50 bits per heavy atom. The maximum Gasteiger partial charge on any atom is 0.372 e. The van der Waals surface area contributed by atoms with Gasteiger partial charge in [-0.2, -0.15) is 0 Å². The lowest BCUT2D eigenvalue weighted by atomic mass is 10.5. The molecule has 4 heteroatoms. The number of halogens is 1. The lowest BCUT2D eigenvalue weighted by Gasteiger charge is -2.01. The van der Waals surface area contributed by atoms with Gasteiger partial charge >= 0.3 is 5.97 Å². The fourth-order valence-corrected chi connectivity index (χ4v) is 0.715. The molecule has 10 heavy (non-hydrogen) atoms. The molecule has 0 saturated carbocycles. The van der Waals surface area contributed by atoms with E-state index in [1.165, 1.54) is 14.2 Å². The largest absolute Gasteiger partial charge is 0.490 e. The van der Waals surface area contributed by atoms with E-state index in [-0.39, 0.29) is 5.76 Å². The van der Waals surface area contributed by atoms with Crippen molar-refractivity contribution >= 4 is 21.9 Å². The molecule has 0 atom stereocenters. The number of carbonyl (C=O) groups excluding carboxylic acids is 1. The third-order valence-corrected chi connectivity index (χ3v) is 1.19. The van der Waals surface area contributed by atoms with E-state index < -0.39 is 5.97 Å². The van der Waals surface area contributed by atoms with Crippen molar-refractivity contribution in [3.05, 3.63) is 11.8 Å². The van der Waals surface area contributed by atoms with Crippen LogP contribution in [0.15, 0.2) is 11.8 Å². The fourth-order valence-electron chi connectivity index (χ4n) is 0.421. The summed E-state index contributed by atoms with van der Waals surface area (Å²) >= 11 is 3.12. The summed E-state index contributed by atoms with van der Waals surface area (Å²) in [5, 5.41) is 0.575. The molecule has 0 aromatic carbocycles. The van der Waals surface area contributed by atoms with Crippen molar-refractivity contribution < 1.29 is 14.3 Å². The van der Waals surface area contributed by atoms with Crippen LogP contribution in [0.1, 0.15) is 0 Å². The third-order valence-electron chi connectivity index (χ3n) is 0.869. The fraction of sp³-hybridized carbons (Fsp3) is 0.500. The van der Waals surface area contributed by atoms with E-state index in [0.717, 1.165) is 0 Å². The van der Waals surface area contributed by atoms with Crippen LogP contribution in [0.5, 0.6) is 0 Å². The molecule has 3 nitrogen and oxygen atoms in total. The van der Waals surface area contributed by atoms with Crippen LogP contribution in [0, 0.1) is 0 Å². The number of esters is 1. The lowest BCUT2D eigenvalue weighted by Crippen LogP contribution is -2.06. The summed E-state index contributed by atoms with van der Waals surface area (Å²) in [4.78, 5) is 10.7. The van der Waals surface area contributed by atoms with Gasteiger partial charge in [0.2, 0.25) is 5.76 Å². The highest BCUT2D eigenvalue weighted by Gasteiger charge is 2.06. The Labute approximate surface area is 68.1 Å². The van der Waals surface area contributed by atoms with Crippen molar-refractivity contribution in [2.24, 2.45) is 0 Å². The second kappa shape index (κ2) is 5.29. The first-order valence-corrected chi connectivity index (χ1v) is 3.76. The van der Waals surface area contributed by atoms with Crippen molar-refractivity contribution in [1.82, 2.24) is 0 Å². The molecule has 0 aliphatic rings. The third kappa shape index (κ3) is 2.87. The van der Waals surface area contributed by atoms with Crippen molar-refractivity contribution in [2.75, 3.05) is 19.5 Å². The van der Waals surface area contributed by atoms with Crippen LogP contribution in [0.3, 0.4) is 0 Å². The lowest BCUT2D eigenvalue weighted by molar-refractivity contribution is -0.139. The molecule has 0 aliphatic heterocycles. The predicted molar refractivity (Wildman–Crippen MR) is 40.9 cm³/mol. The molecule has 0 spiro atoms. The number of hydrogen-bond donors (Lipinski definition) is 0. The van der Waals surface area contributed by atoms with Gasteiger partial charge in [-0.3, -0.25) is 0 Å². The normalized spacial score (nSPS) is 10.9. The highest BCUT2D eigenvalue weighted by molar-refractivity contribution is 9.09. The first-order chi connectivity index (χ1) is 4.76. The monoisotopic (exact) mass is 208 g/mol. The number of hydrogen-bond acceptors (Lipinski definition) is 3. The van der Waals surface area contributed by atoms with Gasteiger partial charge in [-0.05, 0) is 6.08 Å². The van der Waals surface area contributed by atoms with Gasteiger partial charge < -0.3 is 9.47 Å². The number of carbonyl (C=O) groups is 1. The summed E-state index contributed by atoms with van der Waals surface area (Å²) < 4.78 is 9.10. The Morgan fingerprint density at radius 3 is 2.40 bits per heavy atom. The van der Waals surface area contributed by atoms with Crippen LogP contribution in [-0.4, -0.2) is 25.5 Å². The Morgan fingerprint density at radius 2 is 2.10 bits per heavy atom. The van der Waals surface area contributed by atoms with Crippen molar-refractivity contribution in [2.45, 2.75) is 0 Å². The van der Waals surface area contributed by atoms with E-state index in [1.54, 1.807) is 6.08 Å². The van der Waals surface area contributed by atoms with Gasteiger partial charge in [0, 0.05) is 5.33 Å². The average molecular weight is 209 g/mol.